The number of carbonyl (C=O) groups is 2. The van der Waals surface area contributed by atoms with Crippen LogP contribution in [0.3, 0.4) is 0 Å². The van der Waals surface area contributed by atoms with Crippen molar-refractivity contribution in [3.05, 3.63) is 0 Å². The molecule has 0 radical (unpaired) electrons. The van der Waals surface area contributed by atoms with Gasteiger partial charge >= 0.3 is 5.97 Å². The van der Waals surface area contributed by atoms with Crippen LogP contribution in [0.5, 0.6) is 0 Å². The van der Waals surface area contributed by atoms with Crippen LogP contribution < -0.4 is 5.32 Å². The van der Waals surface area contributed by atoms with Crippen LogP contribution in [0.25, 0.3) is 0 Å². The van der Waals surface area contributed by atoms with E-state index in [2.05, 4.69) is 5.32 Å². The van der Waals surface area contributed by atoms with Gasteiger partial charge in [-0.3, -0.25) is 4.79 Å². The van der Waals surface area contributed by atoms with Crippen molar-refractivity contribution >= 4 is 11.9 Å². The van der Waals surface area contributed by atoms with Gasteiger partial charge in [0.2, 0.25) is 5.91 Å². The van der Waals surface area contributed by atoms with Gasteiger partial charge in [0.15, 0.2) is 0 Å². The van der Waals surface area contributed by atoms with Crippen LogP contribution in [0.4, 0.5) is 0 Å². The summed E-state index contributed by atoms with van der Waals surface area (Å²) in [7, 11) is 1.42. The summed E-state index contributed by atoms with van der Waals surface area (Å²) in [5.41, 5.74) is -0.176. The molecule has 0 aromatic heterocycles. The Morgan fingerprint density at radius 2 is 1.64 bits per heavy atom. The summed E-state index contributed by atoms with van der Waals surface area (Å²) in [6, 6.07) is -0.432. The van der Waals surface area contributed by atoms with Gasteiger partial charge in [0.25, 0.3) is 0 Å². The number of nitrogens with one attached hydrogen (secondary N) is 1. The average molecular weight is 305 g/mol. The average Bonchev–Trinajstić information content (AvgIpc) is 3.28. The normalized spacial score (nSPS) is 40.3. The monoisotopic (exact) mass is 305 g/mol. The molecule has 1 N–H and O–H groups in total. The first kappa shape index (κ1) is 14.5. The van der Waals surface area contributed by atoms with E-state index in [1.807, 2.05) is 0 Å². The van der Waals surface area contributed by atoms with E-state index >= 15 is 0 Å². The standard InChI is InChI=1S/C18H27NO3/c1-22-16(20)15(7-11-2-3-11)19-17(21)18-8-12-4-13(9-18)6-14(5-12)10-18/h11-15H,2-10H2,1H3,(H,19,21)/t12?,13?,14?,15-,18?/m0/s1. The van der Waals surface area contributed by atoms with Gasteiger partial charge in [-0.1, -0.05) is 12.8 Å². The van der Waals surface area contributed by atoms with Crippen molar-refractivity contribution in [3.63, 3.8) is 0 Å². The number of rotatable bonds is 5. The van der Waals surface area contributed by atoms with Crippen molar-refractivity contribution in [1.82, 2.24) is 5.32 Å². The predicted molar refractivity (Wildman–Crippen MR) is 81.9 cm³/mol. The maximum atomic E-state index is 13.0. The second-order valence-corrected chi connectivity index (χ2v) is 8.43. The largest absolute Gasteiger partial charge is 0.467 e. The first-order valence-corrected chi connectivity index (χ1v) is 8.97. The second kappa shape index (κ2) is 5.24. The molecule has 0 saturated heterocycles. The van der Waals surface area contributed by atoms with Crippen molar-refractivity contribution in [2.75, 3.05) is 7.11 Å². The predicted octanol–water partition coefficient (Wildman–Crippen LogP) is 2.66. The minimum atomic E-state index is -0.432. The number of carbonyl (C=O) groups excluding carboxylic acids is 2. The summed E-state index contributed by atoms with van der Waals surface area (Å²) >= 11 is 0. The Morgan fingerprint density at radius 1 is 1.09 bits per heavy atom. The van der Waals surface area contributed by atoms with Crippen molar-refractivity contribution < 1.29 is 14.3 Å². The van der Waals surface area contributed by atoms with Gasteiger partial charge in [0, 0.05) is 5.41 Å². The highest BCUT2D eigenvalue weighted by Gasteiger charge is 2.55. The quantitative estimate of drug-likeness (QED) is 0.795. The molecule has 122 valence electrons. The van der Waals surface area contributed by atoms with Crippen LogP contribution in [0.1, 0.15) is 57.8 Å². The number of hydrogen-bond donors (Lipinski definition) is 1. The Hall–Kier alpha value is -1.06. The van der Waals surface area contributed by atoms with Gasteiger partial charge in [0.1, 0.15) is 6.04 Å². The van der Waals surface area contributed by atoms with E-state index in [4.69, 9.17) is 4.74 Å². The van der Waals surface area contributed by atoms with E-state index in [9.17, 15) is 9.59 Å². The minimum absolute atomic E-state index is 0.141. The lowest BCUT2D eigenvalue weighted by Crippen LogP contribution is -2.56. The van der Waals surface area contributed by atoms with Crippen molar-refractivity contribution in [2.24, 2.45) is 29.1 Å². The summed E-state index contributed by atoms with van der Waals surface area (Å²) in [5, 5.41) is 3.08. The molecule has 5 rings (SSSR count). The van der Waals surface area contributed by atoms with E-state index in [0.29, 0.717) is 5.92 Å². The van der Waals surface area contributed by atoms with Crippen molar-refractivity contribution in [2.45, 2.75) is 63.8 Å². The van der Waals surface area contributed by atoms with E-state index in [-0.39, 0.29) is 17.3 Å². The highest BCUT2D eigenvalue weighted by atomic mass is 16.5. The van der Waals surface area contributed by atoms with Crippen LogP contribution in [0, 0.1) is 29.1 Å². The molecule has 0 spiro atoms. The van der Waals surface area contributed by atoms with Gasteiger partial charge in [0.05, 0.1) is 7.11 Å². The lowest BCUT2D eigenvalue weighted by Gasteiger charge is -2.55. The summed E-state index contributed by atoms with van der Waals surface area (Å²) in [4.78, 5) is 25.0. The molecule has 1 atom stereocenters. The molecule has 5 aliphatic carbocycles. The number of methoxy groups -OCH3 is 1. The van der Waals surface area contributed by atoms with Crippen LogP contribution in [0.15, 0.2) is 0 Å². The lowest BCUT2D eigenvalue weighted by atomic mass is 9.49. The number of hydrogen-bond acceptors (Lipinski definition) is 3. The molecule has 5 fully saturated rings. The Morgan fingerprint density at radius 3 is 2.09 bits per heavy atom. The molecule has 0 heterocycles. The smallest absolute Gasteiger partial charge is 0.328 e. The zero-order valence-corrected chi connectivity index (χ0v) is 13.5. The Labute approximate surface area is 132 Å². The molecule has 22 heavy (non-hydrogen) atoms. The molecule has 5 saturated carbocycles. The van der Waals surface area contributed by atoms with Crippen LogP contribution >= 0.6 is 0 Å². The van der Waals surface area contributed by atoms with Gasteiger partial charge in [-0.05, 0) is 68.6 Å². The summed E-state index contributed by atoms with van der Waals surface area (Å²) in [6.07, 6.45) is 10.2. The van der Waals surface area contributed by atoms with Gasteiger partial charge in [-0.15, -0.1) is 0 Å². The minimum Gasteiger partial charge on any atom is -0.467 e. The van der Waals surface area contributed by atoms with Gasteiger partial charge in [-0.25, -0.2) is 4.79 Å². The molecular formula is C18H27NO3. The molecule has 0 aromatic rings. The van der Waals surface area contributed by atoms with Crippen LogP contribution in [0.2, 0.25) is 0 Å². The third kappa shape index (κ3) is 2.55. The molecule has 0 aromatic carbocycles. The van der Waals surface area contributed by atoms with E-state index in [1.54, 1.807) is 0 Å². The summed E-state index contributed by atoms with van der Waals surface area (Å²) in [5.74, 6) is 2.71. The highest BCUT2D eigenvalue weighted by molar-refractivity contribution is 5.88. The van der Waals surface area contributed by atoms with Gasteiger partial charge in [-0.2, -0.15) is 0 Å². The van der Waals surface area contributed by atoms with E-state index < -0.39 is 6.04 Å². The molecule has 1 amide bonds. The van der Waals surface area contributed by atoms with E-state index in [0.717, 1.165) is 43.4 Å². The zero-order chi connectivity index (χ0) is 15.3. The first-order chi connectivity index (χ1) is 10.6. The second-order valence-electron chi connectivity index (χ2n) is 8.43. The Balaban J connectivity index is 1.47. The topological polar surface area (TPSA) is 55.4 Å². The third-order valence-corrected chi connectivity index (χ3v) is 6.58. The summed E-state index contributed by atoms with van der Waals surface area (Å²) < 4.78 is 4.91. The fourth-order valence-electron chi connectivity index (χ4n) is 5.74. The van der Waals surface area contributed by atoms with Crippen LogP contribution in [-0.2, 0) is 14.3 Å². The first-order valence-electron chi connectivity index (χ1n) is 8.97. The van der Waals surface area contributed by atoms with Crippen molar-refractivity contribution in [3.8, 4) is 0 Å². The Bertz CT molecular complexity index is 447. The van der Waals surface area contributed by atoms with Crippen LogP contribution in [-0.4, -0.2) is 25.0 Å². The molecule has 5 aliphatic rings. The molecule has 0 aliphatic heterocycles. The molecule has 4 nitrogen and oxygen atoms in total. The fraction of sp³-hybridized carbons (Fsp3) is 0.889. The highest BCUT2D eigenvalue weighted by Crippen LogP contribution is 2.60. The summed E-state index contributed by atoms with van der Waals surface area (Å²) in [6.45, 7) is 0. The SMILES string of the molecule is COC(=O)[C@H](CC1CC1)NC(=O)C12CC3CC(CC(C3)C1)C2. The molecule has 4 heteroatoms. The number of ether oxygens (including phenoxy) is 1. The number of esters is 1. The molecule has 4 bridgehead atoms. The third-order valence-electron chi connectivity index (χ3n) is 6.58. The molecule has 0 unspecified atom stereocenters. The lowest BCUT2D eigenvalue weighted by molar-refractivity contribution is -0.153. The maximum Gasteiger partial charge on any atom is 0.328 e. The maximum absolute atomic E-state index is 13.0. The Kier molecular flexibility index (Phi) is 3.46. The van der Waals surface area contributed by atoms with Crippen molar-refractivity contribution in [1.29, 1.82) is 0 Å². The fourth-order valence-corrected chi connectivity index (χ4v) is 5.74. The zero-order valence-electron chi connectivity index (χ0n) is 13.5. The van der Waals surface area contributed by atoms with E-state index in [1.165, 1.54) is 39.2 Å². The molecular weight excluding hydrogens is 278 g/mol. The number of amides is 1. The van der Waals surface area contributed by atoms with Gasteiger partial charge < -0.3 is 10.1 Å².